The number of nitrogens with two attached hydrogens (primary N) is 1. The largest absolute Gasteiger partial charge is 0.494 e. The van der Waals surface area contributed by atoms with Crippen LogP contribution in [0.5, 0.6) is 5.75 Å². The average Bonchev–Trinajstić information content (AvgIpc) is 2.42. The predicted octanol–water partition coefficient (Wildman–Crippen LogP) is 2.67. The molecule has 7 heteroatoms. The molecule has 0 aliphatic heterocycles. The Labute approximate surface area is 119 Å². The lowest BCUT2D eigenvalue weighted by atomic mass is 10.3. The number of anilines is 3. The number of ether oxygens (including phenoxy) is 1. The van der Waals surface area contributed by atoms with E-state index in [9.17, 15) is 0 Å². The molecule has 4 N–H and O–H groups in total. The summed E-state index contributed by atoms with van der Waals surface area (Å²) >= 11 is 3.38. The van der Waals surface area contributed by atoms with E-state index >= 15 is 0 Å². The average molecular weight is 324 g/mol. The fourth-order valence-corrected chi connectivity index (χ4v) is 1.78. The number of hydrazine groups is 1. The first-order valence-electron chi connectivity index (χ1n) is 5.72. The topological polar surface area (TPSA) is 85.1 Å². The lowest BCUT2D eigenvalue weighted by molar-refractivity contribution is 0.340. The van der Waals surface area contributed by atoms with E-state index in [1.807, 2.05) is 31.2 Å². The van der Waals surface area contributed by atoms with Crippen molar-refractivity contribution in [1.82, 2.24) is 9.97 Å². The van der Waals surface area contributed by atoms with Gasteiger partial charge in [-0.05, 0) is 35.0 Å². The van der Waals surface area contributed by atoms with Crippen LogP contribution in [-0.4, -0.2) is 16.6 Å². The van der Waals surface area contributed by atoms with Gasteiger partial charge in [-0.15, -0.1) is 0 Å². The van der Waals surface area contributed by atoms with Gasteiger partial charge in [0.2, 0.25) is 5.95 Å². The molecule has 100 valence electrons. The van der Waals surface area contributed by atoms with E-state index in [0.29, 0.717) is 18.4 Å². The first-order chi connectivity index (χ1) is 9.22. The maximum Gasteiger partial charge on any atom is 0.239 e. The molecule has 0 bridgehead atoms. The standard InChI is InChI=1S/C12H14BrN5O/c1-2-19-9-5-3-4-8(6-9)16-11-10(13)7-15-12(17-11)18-14/h3-7H,2,14H2,1H3,(H2,15,16,17,18). The second kappa shape index (κ2) is 6.35. The first kappa shape index (κ1) is 13.6. The summed E-state index contributed by atoms with van der Waals surface area (Å²) in [7, 11) is 0. The van der Waals surface area contributed by atoms with Crippen molar-refractivity contribution < 1.29 is 4.74 Å². The molecule has 0 radical (unpaired) electrons. The maximum atomic E-state index is 5.44. The van der Waals surface area contributed by atoms with Crippen LogP contribution < -0.4 is 21.3 Å². The van der Waals surface area contributed by atoms with E-state index in [4.69, 9.17) is 10.6 Å². The van der Waals surface area contributed by atoms with Crippen molar-refractivity contribution >= 4 is 33.4 Å². The van der Waals surface area contributed by atoms with Crippen LogP contribution >= 0.6 is 15.9 Å². The molecular weight excluding hydrogens is 310 g/mol. The van der Waals surface area contributed by atoms with Gasteiger partial charge in [0.15, 0.2) is 0 Å². The highest BCUT2D eigenvalue weighted by atomic mass is 79.9. The Morgan fingerprint density at radius 1 is 1.42 bits per heavy atom. The van der Waals surface area contributed by atoms with Crippen molar-refractivity contribution in [2.45, 2.75) is 6.92 Å². The Morgan fingerprint density at radius 3 is 3.00 bits per heavy atom. The van der Waals surface area contributed by atoms with Gasteiger partial charge >= 0.3 is 0 Å². The van der Waals surface area contributed by atoms with Crippen LogP contribution in [0.15, 0.2) is 34.9 Å². The fraction of sp³-hybridized carbons (Fsp3) is 0.167. The second-order valence-electron chi connectivity index (χ2n) is 3.62. The van der Waals surface area contributed by atoms with E-state index in [1.54, 1.807) is 6.20 Å². The van der Waals surface area contributed by atoms with E-state index in [0.717, 1.165) is 15.9 Å². The number of benzene rings is 1. The van der Waals surface area contributed by atoms with Crippen molar-refractivity contribution in [3.8, 4) is 5.75 Å². The van der Waals surface area contributed by atoms with Crippen LogP contribution in [-0.2, 0) is 0 Å². The Morgan fingerprint density at radius 2 is 2.26 bits per heavy atom. The summed E-state index contributed by atoms with van der Waals surface area (Å²) in [6.45, 7) is 2.57. The van der Waals surface area contributed by atoms with Crippen molar-refractivity contribution in [3.63, 3.8) is 0 Å². The lowest BCUT2D eigenvalue weighted by Gasteiger charge is -2.10. The highest BCUT2D eigenvalue weighted by Gasteiger charge is 2.05. The second-order valence-corrected chi connectivity index (χ2v) is 4.47. The van der Waals surface area contributed by atoms with Gasteiger partial charge in [-0.25, -0.2) is 10.8 Å². The number of halogens is 1. The number of hydrogen-bond donors (Lipinski definition) is 3. The Balaban J connectivity index is 2.22. The number of hydrogen-bond acceptors (Lipinski definition) is 6. The molecule has 0 atom stereocenters. The van der Waals surface area contributed by atoms with Crippen LogP contribution in [0.3, 0.4) is 0 Å². The molecule has 1 aromatic heterocycles. The molecule has 0 fully saturated rings. The molecule has 0 saturated heterocycles. The molecule has 6 nitrogen and oxygen atoms in total. The van der Waals surface area contributed by atoms with Crippen LogP contribution in [0.4, 0.5) is 17.5 Å². The fourth-order valence-electron chi connectivity index (χ4n) is 1.49. The molecule has 2 rings (SSSR count). The Hall–Kier alpha value is -1.86. The van der Waals surface area contributed by atoms with Gasteiger partial charge in [-0.2, -0.15) is 4.98 Å². The van der Waals surface area contributed by atoms with Crippen molar-refractivity contribution in [1.29, 1.82) is 0 Å². The predicted molar refractivity (Wildman–Crippen MR) is 78.4 cm³/mol. The number of aromatic nitrogens is 2. The van der Waals surface area contributed by atoms with Crippen LogP contribution in [0.25, 0.3) is 0 Å². The molecule has 1 heterocycles. The minimum atomic E-state index is 0.340. The molecule has 0 amide bonds. The third-order valence-corrected chi connectivity index (χ3v) is 2.86. The van der Waals surface area contributed by atoms with Gasteiger partial charge in [0, 0.05) is 18.0 Å². The number of nitrogen functional groups attached to an aromatic ring is 1. The SMILES string of the molecule is CCOc1cccc(Nc2nc(NN)ncc2Br)c1. The third kappa shape index (κ3) is 3.55. The van der Waals surface area contributed by atoms with E-state index < -0.39 is 0 Å². The Bertz CT molecular complexity index is 564. The smallest absolute Gasteiger partial charge is 0.239 e. The van der Waals surface area contributed by atoms with Crippen molar-refractivity contribution in [2.75, 3.05) is 17.3 Å². The summed E-state index contributed by atoms with van der Waals surface area (Å²) in [5.74, 6) is 7.05. The summed E-state index contributed by atoms with van der Waals surface area (Å²) < 4.78 is 6.19. The van der Waals surface area contributed by atoms with Crippen LogP contribution in [0, 0.1) is 0 Å². The van der Waals surface area contributed by atoms with Gasteiger partial charge in [0.05, 0.1) is 11.1 Å². The first-order valence-corrected chi connectivity index (χ1v) is 6.51. The summed E-state index contributed by atoms with van der Waals surface area (Å²) in [4.78, 5) is 8.20. The molecule has 0 saturated carbocycles. The summed E-state index contributed by atoms with van der Waals surface area (Å²) in [6, 6.07) is 7.63. The van der Waals surface area contributed by atoms with Gasteiger partial charge in [-0.1, -0.05) is 6.07 Å². The highest BCUT2D eigenvalue weighted by molar-refractivity contribution is 9.10. The summed E-state index contributed by atoms with van der Waals surface area (Å²) in [5.41, 5.74) is 3.27. The van der Waals surface area contributed by atoms with E-state index in [2.05, 4.69) is 36.6 Å². The maximum absolute atomic E-state index is 5.44. The van der Waals surface area contributed by atoms with Crippen molar-refractivity contribution in [3.05, 3.63) is 34.9 Å². The highest BCUT2D eigenvalue weighted by Crippen LogP contribution is 2.26. The molecule has 2 aromatic rings. The monoisotopic (exact) mass is 323 g/mol. The molecule has 0 aliphatic rings. The normalized spacial score (nSPS) is 10.1. The van der Waals surface area contributed by atoms with Crippen LogP contribution in [0.1, 0.15) is 6.92 Å². The molecular formula is C12H14BrN5O. The van der Waals surface area contributed by atoms with Gasteiger partial charge < -0.3 is 10.1 Å². The van der Waals surface area contributed by atoms with E-state index in [1.165, 1.54) is 0 Å². The molecule has 0 spiro atoms. The molecule has 0 aliphatic carbocycles. The molecule has 19 heavy (non-hydrogen) atoms. The third-order valence-electron chi connectivity index (χ3n) is 2.28. The number of rotatable bonds is 5. The minimum absolute atomic E-state index is 0.340. The van der Waals surface area contributed by atoms with Gasteiger partial charge in [-0.3, -0.25) is 5.43 Å². The summed E-state index contributed by atoms with van der Waals surface area (Å²) in [6.07, 6.45) is 1.62. The quantitative estimate of drug-likeness (QED) is 0.579. The van der Waals surface area contributed by atoms with Gasteiger partial charge in [0.25, 0.3) is 0 Å². The zero-order chi connectivity index (χ0) is 13.7. The Kier molecular flexibility index (Phi) is 4.53. The zero-order valence-electron chi connectivity index (χ0n) is 10.4. The minimum Gasteiger partial charge on any atom is -0.494 e. The van der Waals surface area contributed by atoms with Crippen molar-refractivity contribution in [2.24, 2.45) is 5.84 Å². The zero-order valence-corrected chi connectivity index (χ0v) is 11.9. The number of nitrogens with one attached hydrogen (secondary N) is 2. The van der Waals surface area contributed by atoms with Crippen LogP contribution in [0.2, 0.25) is 0 Å². The summed E-state index contributed by atoms with van der Waals surface area (Å²) in [5, 5.41) is 3.17. The number of nitrogens with zero attached hydrogens (tertiary/aromatic N) is 2. The van der Waals surface area contributed by atoms with E-state index in [-0.39, 0.29) is 0 Å². The van der Waals surface area contributed by atoms with Gasteiger partial charge in [0.1, 0.15) is 11.6 Å². The molecule has 1 aromatic carbocycles. The molecule has 0 unspecified atom stereocenters. The lowest BCUT2D eigenvalue weighted by Crippen LogP contribution is -2.11.